The number of benzene rings is 4. The number of imidazole rings is 1. The van der Waals surface area contributed by atoms with Gasteiger partial charge in [-0.15, -0.1) is 0 Å². The molecule has 1 N–H and O–H groups in total. The zero-order chi connectivity index (χ0) is 47.8. The topological polar surface area (TPSA) is 302 Å². The first-order valence-electron chi connectivity index (χ1n) is 20.1. The Balaban J connectivity index is 1.17. The fraction of sp³-hybridized carbons (Fsp3) is 0.293. The molecule has 0 radical (unpaired) electrons. The number of phosphoric ester groups is 1. The van der Waals surface area contributed by atoms with Gasteiger partial charge in [0.25, 0.3) is 15.6 Å². The van der Waals surface area contributed by atoms with E-state index in [2.05, 4.69) is 28.9 Å². The zero-order valence-electron chi connectivity index (χ0n) is 35.6. The van der Waals surface area contributed by atoms with Crippen molar-refractivity contribution in [3.63, 3.8) is 0 Å². The second kappa shape index (κ2) is 21.3. The van der Waals surface area contributed by atoms with Gasteiger partial charge in [0.1, 0.15) is 43.0 Å². The van der Waals surface area contributed by atoms with E-state index in [0.29, 0.717) is 34.6 Å². The third-order valence-corrected chi connectivity index (χ3v) is 14.3. The standard InChI is InChI=1S/C41H44N5O18P3/c1-4-5-19-42-37-34-38(44-24-43-37)46(25-45-34)39-36(62-41(48)59-31-17-10-15-29(21-31)56-3)35(61-40(47)58-30-16-9-14-28(20-30)55-2)33(60-39)22-57-66(51,52)64-67(53,54)63-65(49,50)23-27-13-8-12-26-11-6-7-18-32(26)27/h6-18,20-21,24-25,33,35-36,39H,4-5,19,22-23H2,1-3H3,(H,49,50)(H,51,52)(H,53,54)(H,42,43,44)/p-3/t33-,35?,36+,39-/m1/s1. The minimum Gasteiger partial charge on any atom is -0.778 e. The van der Waals surface area contributed by atoms with Crippen molar-refractivity contribution in [3.05, 3.63) is 109 Å². The molecule has 356 valence electrons. The minimum absolute atomic E-state index is 0.0355. The molecule has 0 amide bonds. The van der Waals surface area contributed by atoms with Crippen molar-refractivity contribution in [2.75, 3.05) is 32.7 Å². The van der Waals surface area contributed by atoms with Gasteiger partial charge < -0.3 is 62.2 Å². The number of methoxy groups -OCH3 is 2. The summed E-state index contributed by atoms with van der Waals surface area (Å²) < 4.78 is 92.4. The molecule has 1 aliphatic rings. The van der Waals surface area contributed by atoms with Crippen LogP contribution in [0.15, 0.2) is 104 Å². The minimum atomic E-state index is -6.25. The van der Waals surface area contributed by atoms with E-state index in [4.69, 9.17) is 37.7 Å². The van der Waals surface area contributed by atoms with Gasteiger partial charge in [0.2, 0.25) is 0 Å². The van der Waals surface area contributed by atoms with Gasteiger partial charge in [-0.2, -0.15) is 0 Å². The van der Waals surface area contributed by atoms with Gasteiger partial charge in [-0.05, 0) is 47.0 Å². The Morgan fingerprint density at radius 1 is 0.761 bits per heavy atom. The van der Waals surface area contributed by atoms with Crippen LogP contribution in [-0.4, -0.2) is 77.5 Å². The monoisotopic (exact) mass is 984 g/mol. The van der Waals surface area contributed by atoms with Gasteiger partial charge in [-0.25, -0.2) is 28.9 Å². The number of hydrogen-bond acceptors (Lipinski definition) is 22. The number of ether oxygens (including phenoxy) is 7. The molecular weight excluding hydrogens is 943 g/mol. The molecule has 0 spiro atoms. The summed E-state index contributed by atoms with van der Waals surface area (Å²) >= 11 is 0. The van der Waals surface area contributed by atoms with Crippen LogP contribution in [0.25, 0.3) is 21.9 Å². The summed E-state index contributed by atoms with van der Waals surface area (Å²) in [5, 5.41) is 4.28. The maximum absolute atomic E-state index is 13.6. The summed E-state index contributed by atoms with van der Waals surface area (Å²) in [6, 6.07) is 23.0. The van der Waals surface area contributed by atoms with Gasteiger partial charge in [-0.3, -0.25) is 18.0 Å². The third-order valence-electron chi connectivity index (χ3n) is 9.76. The van der Waals surface area contributed by atoms with Crippen LogP contribution < -0.4 is 38.9 Å². The number of phosphoric acid groups is 2. The van der Waals surface area contributed by atoms with E-state index in [1.807, 2.05) is 6.92 Å². The first-order valence-corrected chi connectivity index (χ1v) is 24.8. The first kappa shape index (κ1) is 49.0. The molecule has 7 rings (SSSR count). The second-order valence-electron chi connectivity index (χ2n) is 14.4. The van der Waals surface area contributed by atoms with Crippen molar-refractivity contribution in [2.45, 2.75) is 50.5 Å². The van der Waals surface area contributed by atoms with E-state index >= 15 is 0 Å². The molecular formula is C41H41N5O18P3-3. The van der Waals surface area contributed by atoms with E-state index in [-0.39, 0.29) is 28.2 Å². The molecule has 4 aromatic carbocycles. The molecule has 1 aliphatic heterocycles. The molecule has 1 saturated heterocycles. The van der Waals surface area contributed by atoms with Gasteiger partial charge in [-0.1, -0.05) is 67.9 Å². The highest BCUT2D eigenvalue weighted by molar-refractivity contribution is 7.66. The number of anilines is 1. The van der Waals surface area contributed by atoms with Gasteiger partial charge >= 0.3 is 12.3 Å². The van der Waals surface area contributed by atoms with E-state index in [1.54, 1.807) is 48.5 Å². The molecule has 1 fully saturated rings. The van der Waals surface area contributed by atoms with Crippen LogP contribution in [0.1, 0.15) is 31.6 Å². The van der Waals surface area contributed by atoms with Crippen LogP contribution in [0.3, 0.4) is 0 Å². The molecule has 67 heavy (non-hydrogen) atoms. The Kier molecular flexibility index (Phi) is 15.6. The average Bonchev–Trinajstić information content (AvgIpc) is 3.86. The number of nitrogens with one attached hydrogen (secondary N) is 1. The normalized spacial score (nSPS) is 19.7. The highest BCUT2D eigenvalue weighted by atomic mass is 31.3. The molecule has 23 nitrogen and oxygen atoms in total. The number of unbranched alkanes of at least 4 members (excludes halogenated alkanes) is 1. The Bertz CT molecular complexity index is 2860. The third kappa shape index (κ3) is 12.7. The summed E-state index contributed by atoms with van der Waals surface area (Å²) in [7, 11) is -15.0. The van der Waals surface area contributed by atoms with E-state index in [1.165, 1.54) is 73.9 Å². The predicted molar refractivity (Wildman–Crippen MR) is 229 cm³/mol. The van der Waals surface area contributed by atoms with Crippen molar-refractivity contribution in [2.24, 2.45) is 0 Å². The summed E-state index contributed by atoms with van der Waals surface area (Å²) in [4.78, 5) is 79.1. The number of hydrogen-bond donors (Lipinski definition) is 1. The quantitative estimate of drug-likeness (QED) is 0.0396. The maximum Gasteiger partial charge on any atom is 0.514 e. The van der Waals surface area contributed by atoms with Crippen LogP contribution >= 0.6 is 23.2 Å². The lowest BCUT2D eigenvalue weighted by molar-refractivity contribution is -0.246. The van der Waals surface area contributed by atoms with Crippen molar-refractivity contribution in [1.82, 2.24) is 19.5 Å². The first-order chi connectivity index (χ1) is 32.1. The lowest BCUT2D eigenvalue weighted by Gasteiger charge is -2.35. The Morgan fingerprint density at radius 3 is 2.06 bits per heavy atom. The Morgan fingerprint density at radius 2 is 1.39 bits per heavy atom. The molecule has 0 bridgehead atoms. The Labute approximate surface area is 381 Å². The highest BCUT2D eigenvalue weighted by Gasteiger charge is 2.52. The van der Waals surface area contributed by atoms with Crippen LogP contribution in [-0.2, 0) is 47.2 Å². The van der Waals surface area contributed by atoms with Crippen molar-refractivity contribution in [1.29, 1.82) is 0 Å². The molecule has 6 aromatic rings. The second-order valence-corrected chi connectivity index (χ2v) is 19.3. The number of rotatable bonds is 20. The lowest BCUT2D eigenvalue weighted by Crippen LogP contribution is -2.42. The van der Waals surface area contributed by atoms with Crippen molar-refractivity contribution >= 4 is 63.3 Å². The number of carbonyl (C=O) groups excluding carboxylic acids is 2. The largest absolute Gasteiger partial charge is 0.778 e. The molecule has 0 aliphatic carbocycles. The molecule has 3 heterocycles. The lowest BCUT2D eigenvalue weighted by atomic mass is 10.1. The predicted octanol–water partition coefficient (Wildman–Crippen LogP) is 6.01. The Hall–Kier alpha value is -5.96. The molecule has 4 unspecified atom stereocenters. The smallest absolute Gasteiger partial charge is 0.514 e. The average molecular weight is 985 g/mol. The van der Waals surface area contributed by atoms with Crippen molar-refractivity contribution in [3.8, 4) is 23.0 Å². The van der Waals surface area contributed by atoms with Crippen molar-refractivity contribution < 1.29 is 84.3 Å². The van der Waals surface area contributed by atoms with E-state index < -0.39 is 72.9 Å². The fourth-order valence-corrected chi connectivity index (χ4v) is 10.9. The number of fused-ring (bicyclic) bond motifs is 2. The van der Waals surface area contributed by atoms with Crippen LogP contribution in [0.5, 0.6) is 23.0 Å². The van der Waals surface area contributed by atoms with Gasteiger partial charge in [0.05, 0.1) is 27.2 Å². The maximum atomic E-state index is 13.6. The summed E-state index contributed by atoms with van der Waals surface area (Å²) in [6.45, 7) is 1.30. The van der Waals surface area contributed by atoms with Gasteiger partial charge in [0.15, 0.2) is 35.4 Å². The van der Waals surface area contributed by atoms with Crippen LogP contribution in [0.2, 0.25) is 0 Å². The molecule has 2 aromatic heterocycles. The van der Waals surface area contributed by atoms with Gasteiger partial charge in [0, 0.05) is 24.8 Å². The number of aromatic nitrogens is 4. The summed E-state index contributed by atoms with van der Waals surface area (Å²) in [5.41, 5.74) is 0.488. The SMILES string of the molecule is CCCCNc1ncnc2c1ncn2[C@@H]1O[C@H](COP(=O)([O-])OP(=O)([O-])OP(=O)([O-])Cc2cccc3ccccc23)C(OC(=O)Oc2cccc(OC)c2)[C@@H]1OC(=O)Oc1cccc(OC)c1. The molecule has 0 saturated carbocycles. The number of carbonyl (C=O) groups is 2. The summed E-state index contributed by atoms with van der Waals surface area (Å²) in [6.07, 6.45) is -6.70. The zero-order valence-corrected chi connectivity index (χ0v) is 38.3. The van der Waals surface area contributed by atoms with Crippen LogP contribution in [0, 0.1) is 0 Å². The summed E-state index contributed by atoms with van der Waals surface area (Å²) in [5.74, 6) is 0.842. The fourth-order valence-electron chi connectivity index (χ4n) is 6.82. The van der Waals surface area contributed by atoms with E-state index in [0.717, 1.165) is 12.8 Å². The molecule has 26 heteroatoms. The highest BCUT2D eigenvalue weighted by Crippen LogP contribution is 2.63. The number of nitrogens with zero attached hydrogens (tertiary/aromatic N) is 4. The van der Waals surface area contributed by atoms with E-state index in [9.17, 15) is 38.0 Å². The van der Waals surface area contributed by atoms with Crippen LogP contribution in [0.4, 0.5) is 15.4 Å². The molecule has 7 atom stereocenters.